The Morgan fingerprint density at radius 2 is 1.50 bits per heavy atom. The van der Waals surface area contributed by atoms with Crippen LogP contribution in [0.15, 0.2) is 24.3 Å². The number of rotatable bonds is 0. The molecule has 0 aromatic carbocycles. The third kappa shape index (κ3) is 0.495. The maximum absolute atomic E-state index is 2.57. The zero-order valence-corrected chi connectivity index (χ0v) is 8.34. The molecular formula is C14H16. The quantitative estimate of drug-likeness (QED) is 0.508. The van der Waals surface area contributed by atoms with Crippen LogP contribution in [0.3, 0.4) is 0 Å². The predicted octanol–water partition coefficient (Wildman–Crippen LogP) is 2.88. The lowest BCUT2D eigenvalue weighted by Crippen LogP contribution is -2.23. The zero-order chi connectivity index (χ0) is 8.86. The fourth-order valence-corrected chi connectivity index (χ4v) is 6.04. The van der Waals surface area contributed by atoms with E-state index in [1.54, 1.807) is 6.42 Å². The molecule has 3 saturated carbocycles. The monoisotopic (exact) mass is 184 g/mol. The van der Waals surface area contributed by atoms with Crippen LogP contribution in [0.2, 0.25) is 0 Å². The van der Waals surface area contributed by atoms with Gasteiger partial charge in [0.15, 0.2) is 0 Å². The lowest BCUT2D eigenvalue weighted by atomic mass is 9.76. The van der Waals surface area contributed by atoms with E-state index in [1.807, 2.05) is 0 Å². The van der Waals surface area contributed by atoms with Crippen LogP contribution < -0.4 is 0 Å². The van der Waals surface area contributed by atoms with Crippen LogP contribution >= 0.6 is 0 Å². The molecule has 72 valence electrons. The highest BCUT2D eigenvalue weighted by Gasteiger charge is 2.67. The zero-order valence-electron chi connectivity index (χ0n) is 8.34. The minimum atomic E-state index is 0.995. The minimum absolute atomic E-state index is 0.995. The molecule has 8 unspecified atom stereocenters. The molecule has 0 heteroatoms. The molecule has 4 bridgehead atoms. The lowest BCUT2D eigenvalue weighted by molar-refractivity contribution is 0.244. The van der Waals surface area contributed by atoms with Gasteiger partial charge < -0.3 is 0 Å². The summed E-state index contributed by atoms with van der Waals surface area (Å²) in [6.07, 6.45) is 13.2. The average molecular weight is 184 g/mol. The highest BCUT2D eigenvalue weighted by Crippen LogP contribution is 2.73. The highest BCUT2D eigenvalue weighted by atomic mass is 14.7. The molecule has 8 atom stereocenters. The molecule has 0 aliphatic heterocycles. The summed E-state index contributed by atoms with van der Waals surface area (Å²) in [7, 11) is 0. The fourth-order valence-electron chi connectivity index (χ4n) is 6.04. The molecule has 0 aromatic heterocycles. The molecule has 0 amide bonds. The van der Waals surface area contributed by atoms with Crippen LogP contribution in [0.5, 0.6) is 0 Å². The van der Waals surface area contributed by atoms with Crippen molar-refractivity contribution in [2.24, 2.45) is 47.3 Å². The van der Waals surface area contributed by atoms with E-state index in [-0.39, 0.29) is 0 Å². The Morgan fingerprint density at radius 3 is 2.36 bits per heavy atom. The highest BCUT2D eigenvalue weighted by molar-refractivity contribution is 5.30. The Bertz CT molecular complexity index is 364. The van der Waals surface area contributed by atoms with Gasteiger partial charge in [-0.2, -0.15) is 0 Å². The largest absolute Gasteiger partial charge is 0.0879 e. The number of hydrogen-bond acceptors (Lipinski definition) is 0. The standard InChI is InChI=1S/C14H16/c1-2-7-8(3-1)13-9-4-5-10-11(9)6-12(7)14(10)13/h1,3-5,7-14H,2,6H2. The van der Waals surface area contributed by atoms with Gasteiger partial charge in [0, 0.05) is 0 Å². The molecule has 0 aromatic rings. The van der Waals surface area contributed by atoms with Gasteiger partial charge in [-0.05, 0) is 60.2 Å². The molecule has 5 aliphatic rings. The van der Waals surface area contributed by atoms with Gasteiger partial charge in [-0.15, -0.1) is 0 Å². The molecule has 14 heavy (non-hydrogen) atoms. The Kier molecular flexibility index (Phi) is 0.929. The first kappa shape index (κ1) is 6.87. The fraction of sp³-hybridized carbons (Fsp3) is 0.714. The van der Waals surface area contributed by atoms with Gasteiger partial charge in [0.25, 0.3) is 0 Å². The summed E-state index contributed by atoms with van der Waals surface area (Å²) in [5.41, 5.74) is 0. The van der Waals surface area contributed by atoms with Crippen LogP contribution in [-0.2, 0) is 0 Å². The van der Waals surface area contributed by atoms with E-state index in [2.05, 4.69) is 24.3 Å². The first-order chi connectivity index (χ1) is 6.95. The van der Waals surface area contributed by atoms with E-state index in [0.717, 1.165) is 47.3 Å². The first-order valence-corrected chi connectivity index (χ1v) is 6.30. The summed E-state index contributed by atoms with van der Waals surface area (Å²) in [5, 5.41) is 0. The summed E-state index contributed by atoms with van der Waals surface area (Å²) in [4.78, 5) is 0. The smallest absolute Gasteiger partial charge is 0.0162 e. The van der Waals surface area contributed by atoms with Crippen molar-refractivity contribution in [2.75, 3.05) is 0 Å². The Balaban J connectivity index is 1.74. The van der Waals surface area contributed by atoms with Crippen molar-refractivity contribution >= 4 is 0 Å². The molecular weight excluding hydrogens is 168 g/mol. The van der Waals surface area contributed by atoms with Crippen molar-refractivity contribution in [1.82, 2.24) is 0 Å². The maximum atomic E-state index is 2.57. The molecule has 0 spiro atoms. The second kappa shape index (κ2) is 1.89. The SMILES string of the molecule is C1=CC2C(C1)C1CC3C4C=CC3C1C42. The molecule has 0 radical (unpaired) electrons. The Morgan fingerprint density at radius 1 is 0.714 bits per heavy atom. The van der Waals surface area contributed by atoms with Crippen LogP contribution in [0, 0.1) is 47.3 Å². The molecule has 0 heterocycles. The van der Waals surface area contributed by atoms with Gasteiger partial charge in [-0.25, -0.2) is 0 Å². The van der Waals surface area contributed by atoms with Crippen molar-refractivity contribution in [3.8, 4) is 0 Å². The topological polar surface area (TPSA) is 0 Å². The van der Waals surface area contributed by atoms with Crippen molar-refractivity contribution in [3.05, 3.63) is 24.3 Å². The van der Waals surface area contributed by atoms with Crippen molar-refractivity contribution in [2.45, 2.75) is 12.8 Å². The van der Waals surface area contributed by atoms with Crippen LogP contribution in [0.1, 0.15) is 12.8 Å². The summed E-state index contributed by atoms with van der Waals surface area (Å²) < 4.78 is 0. The number of fused-ring (bicyclic) bond motifs is 4. The summed E-state index contributed by atoms with van der Waals surface area (Å²) in [6.45, 7) is 0. The van der Waals surface area contributed by atoms with E-state index in [9.17, 15) is 0 Å². The van der Waals surface area contributed by atoms with E-state index in [0.29, 0.717) is 0 Å². The third-order valence-corrected chi connectivity index (χ3v) is 6.17. The molecule has 5 aliphatic carbocycles. The molecule has 5 rings (SSSR count). The van der Waals surface area contributed by atoms with Crippen LogP contribution in [-0.4, -0.2) is 0 Å². The van der Waals surface area contributed by atoms with Crippen molar-refractivity contribution in [1.29, 1.82) is 0 Å². The first-order valence-electron chi connectivity index (χ1n) is 6.30. The average Bonchev–Trinajstić information content (AvgIpc) is 2.92. The van der Waals surface area contributed by atoms with Gasteiger partial charge in [0.2, 0.25) is 0 Å². The number of allylic oxidation sites excluding steroid dienone is 4. The molecule has 3 fully saturated rings. The summed E-state index contributed by atoms with van der Waals surface area (Å²) in [5.74, 6) is 8.50. The minimum Gasteiger partial charge on any atom is -0.0879 e. The predicted molar refractivity (Wildman–Crippen MR) is 55.4 cm³/mol. The Labute approximate surface area is 85.1 Å². The second-order valence-electron chi connectivity index (χ2n) is 6.16. The van der Waals surface area contributed by atoms with Gasteiger partial charge in [0.1, 0.15) is 0 Å². The van der Waals surface area contributed by atoms with Gasteiger partial charge in [-0.1, -0.05) is 24.3 Å². The van der Waals surface area contributed by atoms with E-state index < -0.39 is 0 Å². The second-order valence-corrected chi connectivity index (χ2v) is 6.16. The van der Waals surface area contributed by atoms with Gasteiger partial charge in [0.05, 0.1) is 0 Å². The summed E-state index contributed by atoms with van der Waals surface area (Å²) >= 11 is 0. The van der Waals surface area contributed by atoms with Crippen molar-refractivity contribution in [3.63, 3.8) is 0 Å². The Hall–Kier alpha value is -0.520. The van der Waals surface area contributed by atoms with E-state index in [1.165, 1.54) is 6.42 Å². The van der Waals surface area contributed by atoms with E-state index in [4.69, 9.17) is 0 Å². The van der Waals surface area contributed by atoms with Crippen LogP contribution in [0.4, 0.5) is 0 Å². The molecule has 0 N–H and O–H groups in total. The van der Waals surface area contributed by atoms with Gasteiger partial charge in [-0.3, -0.25) is 0 Å². The molecule has 0 nitrogen and oxygen atoms in total. The summed E-state index contributed by atoms with van der Waals surface area (Å²) in [6, 6.07) is 0. The normalized spacial score (nSPS) is 69.7. The lowest BCUT2D eigenvalue weighted by Gasteiger charge is -2.28. The number of hydrogen-bond donors (Lipinski definition) is 0. The third-order valence-electron chi connectivity index (χ3n) is 6.17. The maximum Gasteiger partial charge on any atom is -0.0162 e. The van der Waals surface area contributed by atoms with Crippen molar-refractivity contribution < 1.29 is 0 Å². The molecule has 0 saturated heterocycles. The van der Waals surface area contributed by atoms with Crippen LogP contribution in [0.25, 0.3) is 0 Å². The van der Waals surface area contributed by atoms with Gasteiger partial charge >= 0.3 is 0 Å². The van der Waals surface area contributed by atoms with E-state index >= 15 is 0 Å².